The first-order valence-corrected chi connectivity index (χ1v) is 5.12. The Morgan fingerprint density at radius 1 is 1.22 bits per heavy atom. The molecule has 0 aromatic heterocycles. The number of benzene rings is 1. The molecule has 18 heavy (non-hydrogen) atoms. The fraction of sp³-hybridized carbons (Fsp3) is 0.273. The lowest BCUT2D eigenvalue weighted by atomic mass is 10.1. The third-order valence-electron chi connectivity index (χ3n) is 2.27. The number of aliphatic hydroxyl groups is 1. The minimum Gasteiger partial charge on any atom is -0.507 e. The van der Waals surface area contributed by atoms with Gasteiger partial charge in [-0.3, -0.25) is 4.79 Å². The Morgan fingerprint density at radius 2 is 1.78 bits per heavy atom. The molecule has 1 amide bonds. The second kappa shape index (κ2) is 5.87. The molecule has 0 unspecified atom stereocenters. The van der Waals surface area contributed by atoms with E-state index < -0.39 is 41.6 Å². The lowest BCUT2D eigenvalue weighted by molar-refractivity contribution is -0.139. The Balaban J connectivity index is 2.90. The van der Waals surface area contributed by atoms with E-state index in [1.807, 2.05) is 0 Å². The summed E-state index contributed by atoms with van der Waals surface area (Å²) < 4.78 is 0. The monoisotopic (exact) mass is 255 g/mol. The fourth-order valence-corrected chi connectivity index (χ4v) is 1.38. The van der Waals surface area contributed by atoms with Crippen LogP contribution in [0.3, 0.4) is 0 Å². The van der Waals surface area contributed by atoms with Crippen molar-refractivity contribution in [3.63, 3.8) is 0 Å². The van der Waals surface area contributed by atoms with Crippen LogP contribution < -0.4 is 5.32 Å². The molecule has 0 aliphatic rings. The third-order valence-corrected chi connectivity index (χ3v) is 2.27. The van der Waals surface area contributed by atoms with Crippen molar-refractivity contribution < 1.29 is 30.0 Å². The van der Waals surface area contributed by atoms with Gasteiger partial charge >= 0.3 is 5.97 Å². The number of carbonyl (C=O) groups is 2. The molecule has 0 radical (unpaired) electrons. The number of aromatic hydroxyl groups is 2. The Labute approximate surface area is 102 Å². The van der Waals surface area contributed by atoms with Crippen LogP contribution in [0.2, 0.25) is 0 Å². The van der Waals surface area contributed by atoms with Crippen LogP contribution in [0, 0.1) is 0 Å². The highest BCUT2D eigenvalue weighted by Gasteiger charge is 2.23. The lowest BCUT2D eigenvalue weighted by Crippen LogP contribution is -2.41. The number of amides is 1. The molecule has 1 aromatic rings. The Bertz CT molecular complexity index is 439. The van der Waals surface area contributed by atoms with Crippen LogP contribution in [-0.2, 0) is 4.79 Å². The number of rotatable bonds is 5. The molecule has 1 rings (SSSR count). The standard InChI is InChI=1S/C11H13NO6/c13-5-4-6(11(17)18)12-10(16)9-7(14)2-1-3-8(9)15/h1-3,6,13-15H,4-5H2,(H,12,16)(H,17,18)/t6-/m1/s1. The number of carboxylic acids is 1. The minimum atomic E-state index is -1.31. The van der Waals surface area contributed by atoms with Gasteiger partial charge in [0.25, 0.3) is 5.91 Å². The maximum Gasteiger partial charge on any atom is 0.326 e. The van der Waals surface area contributed by atoms with E-state index in [1.165, 1.54) is 18.2 Å². The Kier molecular flexibility index (Phi) is 4.50. The van der Waals surface area contributed by atoms with Gasteiger partial charge in [0.15, 0.2) is 0 Å². The topological polar surface area (TPSA) is 127 Å². The van der Waals surface area contributed by atoms with Crippen LogP contribution in [0.25, 0.3) is 0 Å². The zero-order valence-corrected chi connectivity index (χ0v) is 9.33. The van der Waals surface area contributed by atoms with Gasteiger partial charge in [-0.2, -0.15) is 0 Å². The zero-order chi connectivity index (χ0) is 13.7. The summed E-state index contributed by atoms with van der Waals surface area (Å²) in [6.45, 7) is -0.413. The van der Waals surface area contributed by atoms with Gasteiger partial charge in [0, 0.05) is 13.0 Å². The van der Waals surface area contributed by atoms with Gasteiger partial charge in [0.05, 0.1) is 0 Å². The van der Waals surface area contributed by atoms with Gasteiger partial charge in [-0.05, 0) is 12.1 Å². The smallest absolute Gasteiger partial charge is 0.326 e. The first-order chi connectivity index (χ1) is 8.47. The van der Waals surface area contributed by atoms with Gasteiger partial charge in [-0.25, -0.2) is 4.79 Å². The second-order valence-electron chi connectivity index (χ2n) is 3.55. The van der Waals surface area contributed by atoms with Gasteiger partial charge in [0.2, 0.25) is 0 Å². The molecule has 0 aliphatic carbocycles. The summed E-state index contributed by atoms with van der Waals surface area (Å²) in [5.74, 6) is -3.15. The molecule has 0 aliphatic heterocycles. The number of hydrogen-bond acceptors (Lipinski definition) is 5. The number of carbonyl (C=O) groups excluding carboxylic acids is 1. The molecule has 0 saturated heterocycles. The number of hydrogen-bond donors (Lipinski definition) is 5. The molecule has 98 valence electrons. The highest BCUT2D eigenvalue weighted by molar-refractivity contribution is 6.01. The fourth-order valence-electron chi connectivity index (χ4n) is 1.38. The summed E-state index contributed by atoms with van der Waals surface area (Å²) >= 11 is 0. The van der Waals surface area contributed by atoms with E-state index in [-0.39, 0.29) is 6.42 Å². The number of aliphatic carboxylic acids is 1. The SMILES string of the molecule is O=C(N[C@H](CCO)C(=O)O)c1c(O)cccc1O. The average Bonchev–Trinajstić information content (AvgIpc) is 2.28. The van der Waals surface area contributed by atoms with Crippen molar-refractivity contribution in [2.45, 2.75) is 12.5 Å². The number of carboxylic acid groups (broad SMARTS) is 1. The summed E-state index contributed by atoms with van der Waals surface area (Å²) in [5, 5.41) is 38.4. The maximum atomic E-state index is 11.7. The van der Waals surface area contributed by atoms with Crippen LogP contribution in [0.5, 0.6) is 11.5 Å². The Hall–Kier alpha value is -2.28. The summed E-state index contributed by atoms with van der Waals surface area (Å²) in [7, 11) is 0. The van der Waals surface area contributed by atoms with Gasteiger partial charge in [-0.1, -0.05) is 6.07 Å². The van der Waals surface area contributed by atoms with E-state index in [9.17, 15) is 19.8 Å². The minimum absolute atomic E-state index is 0.171. The number of nitrogens with one attached hydrogen (secondary N) is 1. The van der Waals surface area contributed by atoms with Gasteiger partial charge in [0.1, 0.15) is 23.1 Å². The van der Waals surface area contributed by atoms with Crippen molar-refractivity contribution in [3.05, 3.63) is 23.8 Å². The van der Waals surface area contributed by atoms with E-state index in [1.54, 1.807) is 0 Å². The first-order valence-electron chi connectivity index (χ1n) is 5.12. The lowest BCUT2D eigenvalue weighted by Gasteiger charge is -2.14. The van der Waals surface area contributed by atoms with Crippen LogP contribution >= 0.6 is 0 Å². The van der Waals surface area contributed by atoms with Crippen molar-refractivity contribution in [1.82, 2.24) is 5.32 Å². The molecular formula is C11H13NO6. The van der Waals surface area contributed by atoms with E-state index in [0.29, 0.717) is 0 Å². The highest BCUT2D eigenvalue weighted by Crippen LogP contribution is 2.25. The molecule has 0 heterocycles. The summed E-state index contributed by atoms with van der Waals surface area (Å²) in [5.41, 5.74) is -0.401. The van der Waals surface area contributed by atoms with E-state index in [0.717, 1.165) is 0 Å². The van der Waals surface area contributed by atoms with Crippen LogP contribution in [-0.4, -0.2) is 45.0 Å². The molecule has 1 atom stereocenters. The van der Waals surface area contributed by atoms with Crippen molar-refractivity contribution in [2.24, 2.45) is 0 Å². The number of phenolic OH excluding ortho intramolecular Hbond substituents is 2. The van der Waals surface area contributed by atoms with Crippen molar-refractivity contribution in [1.29, 1.82) is 0 Å². The first kappa shape index (κ1) is 13.8. The largest absolute Gasteiger partial charge is 0.507 e. The number of aliphatic hydroxyl groups excluding tert-OH is 1. The molecule has 0 fully saturated rings. The molecule has 5 N–H and O–H groups in total. The summed E-state index contributed by atoms with van der Waals surface area (Å²) in [6.07, 6.45) is -0.171. The maximum absolute atomic E-state index is 11.7. The van der Waals surface area contributed by atoms with E-state index in [4.69, 9.17) is 10.2 Å². The molecule has 7 nitrogen and oxygen atoms in total. The molecule has 7 heteroatoms. The average molecular weight is 255 g/mol. The second-order valence-corrected chi connectivity index (χ2v) is 3.55. The highest BCUT2D eigenvalue weighted by atomic mass is 16.4. The van der Waals surface area contributed by atoms with Crippen LogP contribution in [0.15, 0.2) is 18.2 Å². The molecule has 0 saturated carbocycles. The van der Waals surface area contributed by atoms with Crippen molar-refractivity contribution >= 4 is 11.9 Å². The normalized spacial score (nSPS) is 11.8. The predicted molar refractivity (Wildman–Crippen MR) is 60.4 cm³/mol. The molecule has 0 bridgehead atoms. The molecular weight excluding hydrogens is 242 g/mol. The summed E-state index contributed by atoms with van der Waals surface area (Å²) in [4.78, 5) is 22.5. The van der Waals surface area contributed by atoms with E-state index >= 15 is 0 Å². The van der Waals surface area contributed by atoms with Crippen molar-refractivity contribution in [3.8, 4) is 11.5 Å². The van der Waals surface area contributed by atoms with Crippen molar-refractivity contribution in [2.75, 3.05) is 6.61 Å². The van der Waals surface area contributed by atoms with Gasteiger partial charge < -0.3 is 25.7 Å². The Morgan fingerprint density at radius 3 is 2.22 bits per heavy atom. The molecule has 1 aromatic carbocycles. The number of phenols is 2. The molecule has 0 spiro atoms. The van der Waals surface area contributed by atoms with Gasteiger partial charge in [-0.15, -0.1) is 0 Å². The van der Waals surface area contributed by atoms with Crippen LogP contribution in [0.4, 0.5) is 0 Å². The predicted octanol–water partition coefficient (Wildman–Crippen LogP) is -0.337. The third kappa shape index (κ3) is 3.11. The quantitative estimate of drug-likeness (QED) is 0.490. The van der Waals surface area contributed by atoms with Crippen LogP contribution in [0.1, 0.15) is 16.8 Å². The zero-order valence-electron chi connectivity index (χ0n) is 9.33. The summed E-state index contributed by atoms with van der Waals surface area (Å²) in [6, 6.07) is 2.43. The van der Waals surface area contributed by atoms with E-state index in [2.05, 4.69) is 5.32 Å².